The first-order chi connectivity index (χ1) is 11.4. The highest BCUT2D eigenvalue weighted by Crippen LogP contribution is 2.23. The van der Waals surface area contributed by atoms with Crippen LogP contribution < -0.4 is 0 Å². The first-order valence-electron chi connectivity index (χ1n) is 8.66. The smallest absolute Gasteiger partial charge is 0.236 e. The van der Waals surface area contributed by atoms with Gasteiger partial charge in [-0.15, -0.1) is 0 Å². The number of aromatic amines is 1. The van der Waals surface area contributed by atoms with E-state index in [9.17, 15) is 13.2 Å². The number of H-pyrrole nitrogens is 1. The van der Waals surface area contributed by atoms with Crippen LogP contribution in [0.15, 0.2) is 11.1 Å². The fourth-order valence-corrected chi connectivity index (χ4v) is 4.60. The molecule has 1 N–H and O–H groups in total. The molecule has 7 nitrogen and oxygen atoms in total. The molecule has 2 aliphatic rings. The molecule has 2 fully saturated rings. The normalized spacial score (nSPS) is 22.9. The summed E-state index contributed by atoms with van der Waals surface area (Å²) in [6.45, 7) is 4.04. The fourth-order valence-electron chi connectivity index (χ4n) is 3.78. The average molecular weight is 354 g/mol. The summed E-state index contributed by atoms with van der Waals surface area (Å²) in [5, 5.41) is 6.73. The maximum absolute atomic E-state index is 12.3. The first-order valence-corrected chi connectivity index (χ1v) is 10.5. The minimum atomic E-state index is -3.25. The summed E-state index contributed by atoms with van der Waals surface area (Å²) in [4.78, 5) is 16.8. The Morgan fingerprint density at radius 3 is 2.75 bits per heavy atom. The number of piperidine rings is 1. The minimum Gasteiger partial charge on any atom is -0.342 e. The van der Waals surface area contributed by atoms with Crippen molar-refractivity contribution >= 4 is 15.7 Å². The van der Waals surface area contributed by atoms with Crippen molar-refractivity contribution in [1.82, 2.24) is 20.0 Å². The lowest BCUT2D eigenvalue weighted by Gasteiger charge is -2.33. The fraction of sp³-hybridized carbons (Fsp3) is 0.750. The molecule has 1 aromatic heterocycles. The van der Waals surface area contributed by atoms with Gasteiger partial charge in [0.1, 0.15) is 4.90 Å². The van der Waals surface area contributed by atoms with Crippen LogP contribution in [-0.2, 0) is 21.1 Å². The van der Waals surface area contributed by atoms with Crippen LogP contribution in [0.4, 0.5) is 0 Å². The largest absolute Gasteiger partial charge is 0.342 e. The monoisotopic (exact) mass is 354 g/mol. The second-order valence-electron chi connectivity index (χ2n) is 7.02. The molecule has 134 valence electrons. The van der Waals surface area contributed by atoms with Crippen LogP contribution in [0.1, 0.15) is 31.4 Å². The van der Waals surface area contributed by atoms with E-state index >= 15 is 0 Å². The summed E-state index contributed by atoms with van der Waals surface area (Å²) >= 11 is 0. The lowest BCUT2D eigenvalue weighted by molar-refractivity contribution is -0.131. The Morgan fingerprint density at radius 2 is 2.04 bits per heavy atom. The predicted molar refractivity (Wildman–Crippen MR) is 90.4 cm³/mol. The molecule has 2 aliphatic heterocycles. The SMILES string of the molecule is CS(=O)(=O)c1cn[nH]c1C[C@H]1CCCN(CC(=O)N2CCCC2)C1. The number of aromatic nitrogens is 2. The minimum absolute atomic E-state index is 0.228. The van der Waals surface area contributed by atoms with Gasteiger partial charge in [-0.3, -0.25) is 14.8 Å². The van der Waals surface area contributed by atoms with E-state index in [4.69, 9.17) is 0 Å². The molecule has 1 aromatic rings. The van der Waals surface area contributed by atoms with Crippen LogP contribution >= 0.6 is 0 Å². The van der Waals surface area contributed by atoms with Crippen molar-refractivity contribution in [3.8, 4) is 0 Å². The highest BCUT2D eigenvalue weighted by atomic mass is 32.2. The third-order valence-electron chi connectivity index (χ3n) is 4.99. The van der Waals surface area contributed by atoms with E-state index in [2.05, 4.69) is 15.1 Å². The number of nitrogens with one attached hydrogen (secondary N) is 1. The van der Waals surface area contributed by atoms with Crippen LogP contribution in [0.5, 0.6) is 0 Å². The summed E-state index contributed by atoms with van der Waals surface area (Å²) in [6.07, 6.45) is 7.59. The maximum Gasteiger partial charge on any atom is 0.236 e. The van der Waals surface area contributed by atoms with Gasteiger partial charge < -0.3 is 4.90 Å². The Bertz CT molecular complexity index is 679. The molecular formula is C16H26N4O3S. The first kappa shape index (κ1) is 17.4. The van der Waals surface area contributed by atoms with Crippen molar-refractivity contribution in [3.63, 3.8) is 0 Å². The van der Waals surface area contributed by atoms with Crippen molar-refractivity contribution in [2.75, 3.05) is 39.0 Å². The third-order valence-corrected chi connectivity index (χ3v) is 6.14. The Hall–Kier alpha value is -1.41. The van der Waals surface area contributed by atoms with Gasteiger partial charge in [-0.2, -0.15) is 5.10 Å². The van der Waals surface area contributed by atoms with Gasteiger partial charge in [0.2, 0.25) is 5.91 Å². The summed E-state index contributed by atoms with van der Waals surface area (Å²) in [6, 6.07) is 0. The summed E-state index contributed by atoms with van der Waals surface area (Å²) in [7, 11) is -3.25. The quantitative estimate of drug-likeness (QED) is 0.841. The zero-order valence-corrected chi connectivity index (χ0v) is 15.0. The lowest BCUT2D eigenvalue weighted by atomic mass is 9.93. The molecule has 2 saturated heterocycles. The molecule has 1 atom stereocenters. The molecule has 3 rings (SSSR count). The van der Waals surface area contributed by atoms with E-state index in [0.29, 0.717) is 29.5 Å². The molecule has 0 saturated carbocycles. The van der Waals surface area contributed by atoms with Crippen molar-refractivity contribution in [2.45, 2.75) is 37.0 Å². The standard InChI is InChI=1S/C16H26N4O3S/c1-24(22,23)15-10-17-18-14(15)9-13-5-4-6-19(11-13)12-16(21)20-7-2-3-8-20/h10,13H,2-9,11-12H2,1H3,(H,17,18)/t13-/m1/s1. The van der Waals surface area contributed by atoms with Gasteiger partial charge in [0.15, 0.2) is 9.84 Å². The van der Waals surface area contributed by atoms with Crippen molar-refractivity contribution in [3.05, 3.63) is 11.9 Å². The second kappa shape index (κ2) is 7.23. The van der Waals surface area contributed by atoms with Crippen LogP contribution in [-0.4, -0.2) is 73.3 Å². The van der Waals surface area contributed by atoms with Gasteiger partial charge in [-0.05, 0) is 44.6 Å². The molecule has 0 radical (unpaired) electrons. The van der Waals surface area contributed by atoms with Gasteiger partial charge in [0.05, 0.1) is 18.4 Å². The number of rotatable bonds is 5. The van der Waals surface area contributed by atoms with Gasteiger partial charge >= 0.3 is 0 Å². The summed E-state index contributed by atoms with van der Waals surface area (Å²) in [5.41, 5.74) is 0.690. The van der Waals surface area contributed by atoms with Crippen molar-refractivity contribution < 1.29 is 13.2 Å². The Kier molecular flexibility index (Phi) is 5.24. The van der Waals surface area contributed by atoms with Crippen molar-refractivity contribution in [1.29, 1.82) is 0 Å². The van der Waals surface area contributed by atoms with E-state index in [-0.39, 0.29) is 5.91 Å². The van der Waals surface area contributed by atoms with E-state index in [1.807, 2.05) is 4.90 Å². The Labute approximate surface area is 143 Å². The number of carbonyl (C=O) groups excluding carboxylic acids is 1. The molecule has 3 heterocycles. The molecule has 24 heavy (non-hydrogen) atoms. The number of amides is 1. The Morgan fingerprint density at radius 1 is 1.29 bits per heavy atom. The second-order valence-corrected chi connectivity index (χ2v) is 9.00. The Balaban J connectivity index is 1.58. The van der Waals surface area contributed by atoms with Gasteiger partial charge in [-0.1, -0.05) is 0 Å². The van der Waals surface area contributed by atoms with E-state index in [0.717, 1.165) is 51.9 Å². The average Bonchev–Trinajstić information content (AvgIpc) is 3.18. The molecule has 0 aromatic carbocycles. The van der Waals surface area contributed by atoms with Crippen LogP contribution in [0.2, 0.25) is 0 Å². The molecule has 0 bridgehead atoms. The van der Waals surface area contributed by atoms with Gasteiger partial charge in [0, 0.05) is 25.9 Å². The van der Waals surface area contributed by atoms with E-state index in [1.54, 1.807) is 0 Å². The number of nitrogens with zero attached hydrogens (tertiary/aromatic N) is 3. The highest BCUT2D eigenvalue weighted by molar-refractivity contribution is 7.90. The molecule has 0 spiro atoms. The molecular weight excluding hydrogens is 328 g/mol. The zero-order chi connectivity index (χ0) is 17.2. The third kappa shape index (κ3) is 4.16. The number of likely N-dealkylation sites (tertiary alicyclic amines) is 2. The number of carbonyl (C=O) groups is 1. The number of hydrogen-bond acceptors (Lipinski definition) is 5. The van der Waals surface area contributed by atoms with Crippen LogP contribution in [0, 0.1) is 5.92 Å². The zero-order valence-electron chi connectivity index (χ0n) is 14.2. The van der Waals surface area contributed by atoms with Crippen molar-refractivity contribution in [2.24, 2.45) is 5.92 Å². The van der Waals surface area contributed by atoms with Gasteiger partial charge in [0.25, 0.3) is 0 Å². The molecule has 1 amide bonds. The highest BCUT2D eigenvalue weighted by Gasteiger charge is 2.26. The molecule has 0 unspecified atom stereocenters. The molecule has 0 aliphatic carbocycles. The number of sulfone groups is 1. The van der Waals surface area contributed by atoms with E-state index < -0.39 is 9.84 Å². The molecule has 8 heteroatoms. The number of hydrogen-bond donors (Lipinski definition) is 1. The van der Waals surface area contributed by atoms with Crippen LogP contribution in [0.3, 0.4) is 0 Å². The summed E-state index contributed by atoms with van der Waals surface area (Å²) in [5.74, 6) is 0.581. The van der Waals surface area contributed by atoms with E-state index in [1.165, 1.54) is 12.5 Å². The summed E-state index contributed by atoms with van der Waals surface area (Å²) < 4.78 is 23.6. The lowest BCUT2D eigenvalue weighted by Crippen LogP contribution is -2.43. The van der Waals surface area contributed by atoms with Crippen LogP contribution in [0.25, 0.3) is 0 Å². The predicted octanol–water partition coefficient (Wildman–Crippen LogP) is 0.690. The maximum atomic E-state index is 12.3. The topological polar surface area (TPSA) is 86.4 Å². The van der Waals surface area contributed by atoms with Gasteiger partial charge in [-0.25, -0.2) is 8.42 Å².